The van der Waals surface area contributed by atoms with Crippen molar-refractivity contribution in [3.8, 4) is 11.5 Å². The van der Waals surface area contributed by atoms with E-state index in [4.69, 9.17) is 9.47 Å². The molecule has 0 radical (unpaired) electrons. The molecule has 152 valence electrons. The van der Waals surface area contributed by atoms with E-state index in [1.807, 2.05) is 17.7 Å². The molecule has 0 aliphatic rings. The lowest BCUT2D eigenvalue weighted by molar-refractivity contribution is -0.142. The number of ether oxygens (including phenoxy) is 3. The minimum atomic E-state index is -0.347. The molecule has 0 fully saturated rings. The number of aryl methyl sites for hydroxylation is 1. The highest BCUT2D eigenvalue weighted by Crippen LogP contribution is 2.17. The fourth-order valence-corrected chi connectivity index (χ4v) is 2.59. The van der Waals surface area contributed by atoms with Crippen molar-refractivity contribution < 1.29 is 23.8 Å². The first-order chi connectivity index (χ1) is 13.6. The van der Waals surface area contributed by atoms with Gasteiger partial charge in [0.1, 0.15) is 11.5 Å². The third-order valence-electron chi connectivity index (χ3n) is 4.07. The van der Waals surface area contributed by atoms with Crippen molar-refractivity contribution in [1.29, 1.82) is 0 Å². The molecule has 1 amide bonds. The van der Waals surface area contributed by atoms with Crippen LogP contribution in [-0.4, -0.2) is 59.7 Å². The molecule has 0 saturated carbocycles. The Morgan fingerprint density at radius 1 is 1.11 bits per heavy atom. The molecular weight excluding hydrogens is 362 g/mol. The molecule has 1 aromatic carbocycles. The molecule has 0 spiro atoms. The lowest BCUT2D eigenvalue weighted by atomic mass is 10.3. The summed E-state index contributed by atoms with van der Waals surface area (Å²) in [7, 11) is 1.34. The van der Waals surface area contributed by atoms with Gasteiger partial charge >= 0.3 is 5.97 Å². The van der Waals surface area contributed by atoms with Crippen LogP contribution in [0.25, 0.3) is 0 Å². The number of carbonyl (C=O) groups excluding carboxylic acids is 2. The van der Waals surface area contributed by atoms with Crippen LogP contribution in [0.1, 0.15) is 19.8 Å². The van der Waals surface area contributed by atoms with E-state index >= 15 is 0 Å². The van der Waals surface area contributed by atoms with Gasteiger partial charge in [0.05, 0.1) is 26.5 Å². The van der Waals surface area contributed by atoms with Gasteiger partial charge in [0.15, 0.2) is 6.61 Å². The normalized spacial score (nSPS) is 10.4. The molecule has 0 unspecified atom stereocenters. The van der Waals surface area contributed by atoms with E-state index in [1.54, 1.807) is 41.7 Å². The monoisotopic (exact) mass is 389 g/mol. The number of nitrogens with zero attached hydrogens (tertiary/aromatic N) is 3. The summed E-state index contributed by atoms with van der Waals surface area (Å²) in [6, 6.07) is 7.11. The Hall–Kier alpha value is -3.03. The fraction of sp³-hybridized carbons (Fsp3) is 0.450. The lowest BCUT2D eigenvalue weighted by Gasteiger charge is -2.22. The molecule has 0 aliphatic carbocycles. The molecule has 0 bridgehead atoms. The Balaban J connectivity index is 1.85. The van der Waals surface area contributed by atoms with E-state index in [0.717, 1.165) is 18.7 Å². The molecule has 2 aromatic rings. The predicted octanol–water partition coefficient (Wildman–Crippen LogP) is 2.14. The third kappa shape index (κ3) is 7.30. The fourth-order valence-electron chi connectivity index (χ4n) is 2.59. The van der Waals surface area contributed by atoms with Gasteiger partial charge in [0.2, 0.25) is 0 Å². The van der Waals surface area contributed by atoms with Crippen LogP contribution in [0.4, 0.5) is 0 Å². The largest absolute Gasteiger partial charge is 0.494 e. The first-order valence-electron chi connectivity index (χ1n) is 9.28. The second-order valence-corrected chi connectivity index (χ2v) is 6.05. The second-order valence-electron chi connectivity index (χ2n) is 6.05. The SMILES string of the molecule is CCOc1ccc(OCC(=O)N(CCCn2ccnc2)CCC(=O)OC)cc1. The van der Waals surface area contributed by atoms with Crippen molar-refractivity contribution in [2.75, 3.05) is 33.4 Å². The number of carbonyl (C=O) groups is 2. The quantitative estimate of drug-likeness (QED) is 0.517. The number of imidazole rings is 1. The molecule has 1 heterocycles. The first kappa shape index (κ1) is 21.3. The number of aromatic nitrogens is 2. The lowest BCUT2D eigenvalue weighted by Crippen LogP contribution is -2.37. The second kappa shape index (κ2) is 11.6. The molecular formula is C20H27N3O5. The van der Waals surface area contributed by atoms with E-state index in [1.165, 1.54) is 7.11 Å². The van der Waals surface area contributed by atoms with Gasteiger partial charge in [-0.25, -0.2) is 4.98 Å². The zero-order chi connectivity index (χ0) is 20.2. The topological polar surface area (TPSA) is 82.9 Å². The van der Waals surface area contributed by atoms with Crippen LogP contribution in [-0.2, 0) is 20.9 Å². The summed E-state index contributed by atoms with van der Waals surface area (Å²) >= 11 is 0. The minimum Gasteiger partial charge on any atom is -0.494 e. The summed E-state index contributed by atoms with van der Waals surface area (Å²) < 4.78 is 17.6. The highest BCUT2D eigenvalue weighted by molar-refractivity contribution is 5.78. The number of methoxy groups -OCH3 is 1. The molecule has 8 nitrogen and oxygen atoms in total. The Morgan fingerprint density at radius 2 is 1.82 bits per heavy atom. The highest BCUT2D eigenvalue weighted by atomic mass is 16.5. The molecule has 1 aromatic heterocycles. The molecule has 28 heavy (non-hydrogen) atoms. The summed E-state index contributed by atoms with van der Waals surface area (Å²) in [5.41, 5.74) is 0. The number of amides is 1. The smallest absolute Gasteiger partial charge is 0.307 e. The molecule has 0 atom stereocenters. The van der Waals surface area contributed by atoms with Gasteiger partial charge in [-0.2, -0.15) is 0 Å². The van der Waals surface area contributed by atoms with E-state index in [-0.39, 0.29) is 24.9 Å². The van der Waals surface area contributed by atoms with Crippen molar-refractivity contribution in [1.82, 2.24) is 14.5 Å². The molecule has 8 heteroatoms. The van der Waals surface area contributed by atoms with Crippen molar-refractivity contribution in [3.63, 3.8) is 0 Å². The van der Waals surface area contributed by atoms with Gasteiger partial charge in [0.25, 0.3) is 5.91 Å². The molecule has 0 aliphatic heterocycles. The summed E-state index contributed by atoms with van der Waals surface area (Å²) in [6.07, 6.45) is 6.21. The Labute approximate surface area is 165 Å². The van der Waals surface area contributed by atoms with Crippen LogP contribution in [0.15, 0.2) is 43.0 Å². The van der Waals surface area contributed by atoms with Gasteiger partial charge in [-0.15, -0.1) is 0 Å². The molecule has 2 rings (SSSR count). The van der Waals surface area contributed by atoms with Gasteiger partial charge in [-0.1, -0.05) is 0 Å². The zero-order valence-corrected chi connectivity index (χ0v) is 16.4. The predicted molar refractivity (Wildman–Crippen MR) is 103 cm³/mol. The standard InChI is InChI=1S/C20H27N3O5/c1-3-27-17-5-7-18(8-6-17)28-15-19(24)23(13-9-20(25)26-2)12-4-11-22-14-10-21-16-22/h5-8,10,14,16H,3-4,9,11-13,15H2,1-2H3. The number of esters is 1. The zero-order valence-electron chi connectivity index (χ0n) is 16.4. The van der Waals surface area contributed by atoms with Crippen molar-refractivity contribution >= 4 is 11.9 Å². The summed E-state index contributed by atoms with van der Waals surface area (Å²) in [5, 5.41) is 0. The van der Waals surface area contributed by atoms with Gasteiger partial charge in [-0.05, 0) is 37.6 Å². The van der Waals surface area contributed by atoms with Crippen molar-refractivity contribution in [2.45, 2.75) is 26.3 Å². The van der Waals surface area contributed by atoms with Gasteiger partial charge < -0.3 is 23.7 Å². The Kier molecular flexibility index (Phi) is 8.84. The minimum absolute atomic E-state index is 0.0970. The first-order valence-corrected chi connectivity index (χ1v) is 9.28. The molecule has 0 saturated heterocycles. The summed E-state index contributed by atoms with van der Waals surface area (Å²) in [5.74, 6) is 0.812. The maximum Gasteiger partial charge on any atom is 0.307 e. The number of rotatable bonds is 12. The third-order valence-corrected chi connectivity index (χ3v) is 4.07. The van der Waals surface area contributed by atoms with Gasteiger partial charge in [-0.3, -0.25) is 9.59 Å². The average Bonchev–Trinajstić information content (AvgIpc) is 3.23. The maximum absolute atomic E-state index is 12.6. The van der Waals surface area contributed by atoms with Gasteiger partial charge in [0, 0.05) is 32.0 Å². The van der Waals surface area contributed by atoms with Crippen LogP contribution >= 0.6 is 0 Å². The maximum atomic E-state index is 12.6. The van der Waals surface area contributed by atoms with Crippen LogP contribution in [0.5, 0.6) is 11.5 Å². The molecule has 0 N–H and O–H groups in total. The van der Waals surface area contributed by atoms with Crippen LogP contribution in [0, 0.1) is 0 Å². The van der Waals surface area contributed by atoms with Crippen LogP contribution in [0.3, 0.4) is 0 Å². The summed E-state index contributed by atoms with van der Waals surface area (Å²) in [6.45, 7) is 3.95. The van der Waals surface area contributed by atoms with Crippen molar-refractivity contribution in [3.05, 3.63) is 43.0 Å². The van der Waals surface area contributed by atoms with Crippen LogP contribution in [0.2, 0.25) is 0 Å². The number of hydrogen-bond donors (Lipinski definition) is 0. The highest BCUT2D eigenvalue weighted by Gasteiger charge is 2.16. The van der Waals surface area contributed by atoms with E-state index < -0.39 is 0 Å². The average molecular weight is 389 g/mol. The Bertz CT molecular complexity index is 716. The van der Waals surface area contributed by atoms with E-state index in [2.05, 4.69) is 9.72 Å². The van der Waals surface area contributed by atoms with Crippen molar-refractivity contribution in [2.24, 2.45) is 0 Å². The Morgan fingerprint density at radius 3 is 2.43 bits per heavy atom. The summed E-state index contributed by atoms with van der Waals surface area (Å²) in [4.78, 5) is 29.7. The van der Waals surface area contributed by atoms with E-state index in [0.29, 0.717) is 25.4 Å². The van der Waals surface area contributed by atoms with Crippen LogP contribution < -0.4 is 9.47 Å². The number of benzene rings is 1. The van der Waals surface area contributed by atoms with E-state index in [9.17, 15) is 9.59 Å². The number of hydrogen-bond acceptors (Lipinski definition) is 6.